The van der Waals surface area contributed by atoms with Crippen LogP contribution >= 0.6 is 0 Å². The quantitative estimate of drug-likeness (QED) is 0.417. The molecular weight excluding hydrogens is 308 g/mol. The van der Waals surface area contributed by atoms with Crippen molar-refractivity contribution < 1.29 is 8.83 Å². The molecule has 0 aliphatic rings. The van der Waals surface area contributed by atoms with E-state index in [-0.39, 0.29) is 6.01 Å². The van der Waals surface area contributed by atoms with Crippen LogP contribution in [0.4, 0.5) is 11.7 Å². The van der Waals surface area contributed by atoms with E-state index in [1.807, 2.05) is 30.3 Å². The zero-order valence-corrected chi connectivity index (χ0v) is 12.7. The van der Waals surface area contributed by atoms with E-state index >= 15 is 0 Å². The first-order valence-electron chi connectivity index (χ1n) is 7.29. The zero-order chi connectivity index (χ0) is 16.7. The third-order valence-electron chi connectivity index (χ3n) is 3.78. The van der Waals surface area contributed by atoms with Crippen molar-refractivity contribution in [3.63, 3.8) is 0 Å². The minimum Gasteiger partial charge on any atom is -0.424 e. The lowest BCUT2D eigenvalue weighted by Gasteiger charge is -2.16. The van der Waals surface area contributed by atoms with Crippen molar-refractivity contribution in [1.29, 1.82) is 0 Å². The number of rotatable bonds is 2. The van der Waals surface area contributed by atoms with Gasteiger partial charge >= 0.3 is 11.6 Å². The van der Waals surface area contributed by atoms with Gasteiger partial charge in [-0.15, -0.1) is 0 Å². The average molecular weight is 320 g/mol. The molecular formula is C18H12N2O4. The highest BCUT2D eigenvalue weighted by Gasteiger charge is 2.13. The Labute approximate surface area is 135 Å². The molecule has 24 heavy (non-hydrogen) atoms. The fourth-order valence-corrected chi connectivity index (χ4v) is 2.52. The molecule has 0 atom stereocenters. The van der Waals surface area contributed by atoms with Gasteiger partial charge in [-0.1, -0.05) is 18.2 Å². The molecule has 6 heteroatoms. The van der Waals surface area contributed by atoms with Crippen LogP contribution in [0.5, 0.6) is 0 Å². The van der Waals surface area contributed by atoms with Gasteiger partial charge < -0.3 is 8.83 Å². The Balaban J connectivity index is 1.94. The lowest BCUT2D eigenvalue weighted by atomic mass is 10.2. The number of anilines is 2. The van der Waals surface area contributed by atoms with E-state index in [0.717, 1.165) is 5.69 Å². The van der Waals surface area contributed by atoms with Gasteiger partial charge in [-0.05, 0) is 24.3 Å². The number of para-hydroxylation sites is 1. The number of hydrogen-bond acceptors (Lipinski definition) is 6. The first-order chi connectivity index (χ1) is 11.6. The van der Waals surface area contributed by atoms with Crippen molar-refractivity contribution in [3.05, 3.63) is 75.4 Å². The molecule has 0 unspecified atom stereocenters. The molecule has 0 aliphatic heterocycles. The number of benzene rings is 2. The molecule has 2 aromatic heterocycles. The standard InChI is InChI=1S/C18H12N2O4/c1-20(12-5-3-2-4-6-12)18-19-17(22)13-9-11-7-8-16(21)23-14(11)10-15(13)24-18/h2-10H,1H3. The van der Waals surface area contributed by atoms with Gasteiger partial charge in [0.1, 0.15) is 11.2 Å². The molecule has 6 nitrogen and oxygen atoms in total. The van der Waals surface area contributed by atoms with Crippen LogP contribution in [0.1, 0.15) is 0 Å². The number of nitrogens with zero attached hydrogens (tertiary/aromatic N) is 2. The van der Waals surface area contributed by atoms with Crippen LogP contribution < -0.4 is 16.1 Å². The highest BCUT2D eigenvalue weighted by molar-refractivity contribution is 5.92. The van der Waals surface area contributed by atoms with Crippen molar-refractivity contribution in [1.82, 2.24) is 4.98 Å². The molecule has 4 rings (SSSR count). The van der Waals surface area contributed by atoms with Crippen molar-refractivity contribution in [2.45, 2.75) is 0 Å². The third-order valence-corrected chi connectivity index (χ3v) is 3.78. The van der Waals surface area contributed by atoms with Gasteiger partial charge in [-0.2, -0.15) is 4.98 Å². The van der Waals surface area contributed by atoms with Gasteiger partial charge in [0.25, 0.3) is 5.56 Å². The predicted octanol–water partition coefficient (Wildman–Crippen LogP) is 3.06. The van der Waals surface area contributed by atoms with Crippen LogP contribution in [-0.2, 0) is 0 Å². The molecule has 0 spiro atoms. The van der Waals surface area contributed by atoms with Crippen LogP contribution in [-0.4, -0.2) is 12.0 Å². The second-order valence-electron chi connectivity index (χ2n) is 5.34. The summed E-state index contributed by atoms with van der Waals surface area (Å²) in [5.74, 6) is 0. The van der Waals surface area contributed by atoms with Gasteiger partial charge in [0, 0.05) is 30.3 Å². The molecule has 0 fully saturated rings. The highest BCUT2D eigenvalue weighted by Crippen LogP contribution is 2.25. The number of hydrogen-bond donors (Lipinski definition) is 0. The Morgan fingerprint density at radius 2 is 1.71 bits per heavy atom. The molecule has 0 saturated heterocycles. The highest BCUT2D eigenvalue weighted by atomic mass is 16.4. The fraction of sp³-hybridized carbons (Fsp3) is 0.0556. The van der Waals surface area contributed by atoms with E-state index in [1.165, 1.54) is 12.1 Å². The first-order valence-corrected chi connectivity index (χ1v) is 7.29. The molecule has 0 radical (unpaired) electrons. The second kappa shape index (κ2) is 5.34. The van der Waals surface area contributed by atoms with Crippen LogP contribution in [0.3, 0.4) is 0 Å². The van der Waals surface area contributed by atoms with Crippen molar-refractivity contribution in [2.24, 2.45) is 0 Å². The maximum Gasteiger partial charge on any atom is 0.336 e. The lowest BCUT2D eigenvalue weighted by Crippen LogP contribution is -2.16. The Bertz CT molecular complexity index is 1160. The van der Waals surface area contributed by atoms with Crippen molar-refractivity contribution in [2.75, 3.05) is 11.9 Å². The smallest absolute Gasteiger partial charge is 0.336 e. The fourth-order valence-electron chi connectivity index (χ4n) is 2.52. The summed E-state index contributed by atoms with van der Waals surface area (Å²) < 4.78 is 10.9. The largest absolute Gasteiger partial charge is 0.424 e. The Kier molecular flexibility index (Phi) is 3.16. The summed E-state index contributed by atoms with van der Waals surface area (Å²) in [6, 6.07) is 15.6. The van der Waals surface area contributed by atoms with Gasteiger partial charge in [0.15, 0.2) is 0 Å². The Hall–Kier alpha value is -3.41. The van der Waals surface area contributed by atoms with Crippen molar-refractivity contribution >= 4 is 33.6 Å². The monoisotopic (exact) mass is 320 g/mol. The first kappa shape index (κ1) is 14.2. The number of aromatic nitrogens is 1. The maximum absolute atomic E-state index is 12.4. The van der Waals surface area contributed by atoms with Crippen LogP contribution in [0.2, 0.25) is 0 Å². The van der Waals surface area contributed by atoms with E-state index in [0.29, 0.717) is 21.9 Å². The summed E-state index contributed by atoms with van der Waals surface area (Å²) in [7, 11) is 1.76. The molecule has 118 valence electrons. The van der Waals surface area contributed by atoms with E-state index in [4.69, 9.17) is 8.83 Å². The molecule has 2 aromatic carbocycles. The van der Waals surface area contributed by atoms with E-state index < -0.39 is 11.2 Å². The zero-order valence-electron chi connectivity index (χ0n) is 12.7. The van der Waals surface area contributed by atoms with Crippen LogP contribution in [0.25, 0.3) is 21.9 Å². The van der Waals surface area contributed by atoms with E-state index in [9.17, 15) is 9.59 Å². The van der Waals surface area contributed by atoms with Gasteiger partial charge in [-0.25, -0.2) is 4.79 Å². The normalized spacial score (nSPS) is 11.0. The number of fused-ring (bicyclic) bond motifs is 2. The summed E-state index contributed by atoms with van der Waals surface area (Å²) in [6.07, 6.45) is 0. The summed E-state index contributed by atoms with van der Waals surface area (Å²) in [4.78, 5) is 29.4. The topological polar surface area (TPSA) is 76.6 Å². The molecule has 0 N–H and O–H groups in total. The Morgan fingerprint density at radius 1 is 0.917 bits per heavy atom. The average Bonchev–Trinajstić information content (AvgIpc) is 2.60. The predicted molar refractivity (Wildman–Crippen MR) is 90.8 cm³/mol. The van der Waals surface area contributed by atoms with Crippen molar-refractivity contribution in [3.8, 4) is 0 Å². The van der Waals surface area contributed by atoms with Gasteiger partial charge in [0.05, 0.1) is 5.39 Å². The van der Waals surface area contributed by atoms with E-state index in [2.05, 4.69) is 4.98 Å². The summed E-state index contributed by atoms with van der Waals surface area (Å²) >= 11 is 0. The maximum atomic E-state index is 12.4. The lowest BCUT2D eigenvalue weighted by molar-refractivity contribution is 0.555. The van der Waals surface area contributed by atoms with Gasteiger partial charge in [0.2, 0.25) is 0 Å². The molecule has 0 bridgehead atoms. The third kappa shape index (κ3) is 2.34. The summed E-state index contributed by atoms with van der Waals surface area (Å²) in [5, 5.41) is 0.974. The molecule has 4 aromatic rings. The molecule has 0 saturated carbocycles. The van der Waals surface area contributed by atoms with E-state index in [1.54, 1.807) is 24.1 Å². The Morgan fingerprint density at radius 3 is 2.50 bits per heavy atom. The SMILES string of the molecule is CN(c1ccccc1)c1nc(=O)c2cc3ccc(=O)oc3cc2o1. The molecule has 2 heterocycles. The van der Waals surface area contributed by atoms with Crippen LogP contribution in [0, 0.1) is 0 Å². The van der Waals surface area contributed by atoms with Gasteiger partial charge in [-0.3, -0.25) is 9.69 Å². The van der Waals surface area contributed by atoms with Crippen LogP contribution in [0.15, 0.2) is 73.0 Å². The summed E-state index contributed by atoms with van der Waals surface area (Å²) in [6.45, 7) is 0. The molecule has 0 aliphatic carbocycles. The minimum atomic E-state index is -0.458. The minimum absolute atomic E-state index is 0.163. The summed E-state index contributed by atoms with van der Waals surface area (Å²) in [5.41, 5.74) is 0.647. The molecule has 0 amide bonds. The second-order valence-corrected chi connectivity index (χ2v) is 5.34.